The van der Waals surface area contributed by atoms with E-state index in [2.05, 4.69) is 10.3 Å². The Morgan fingerprint density at radius 1 is 0.923 bits per heavy atom. The first-order chi connectivity index (χ1) is 25.0. The number of benzene rings is 4. The molecule has 0 aliphatic carbocycles. The van der Waals surface area contributed by atoms with Crippen LogP contribution in [0, 0.1) is 5.92 Å². The fourth-order valence-corrected chi connectivity index (χ4v) is 11.1. The van der Waals surface area contributed by atoms with E-state index < -0.39 is 20.0 Å². The summed E-state index contributed by atoms with van der Waals surface area (Å²) in [6.07, 6.45) is 1.85. The number of carbonyl (C=O) groups excluding carboxylic acids is 2. The zero-order valence-corrected chi connectivity index (χ0v) is 30.5. The number of hydrogen-bond acceptors (Lipinski definition) is 8. The van der Waals surface area contributed by atoms with Crippen LogP contribution < -0.4 is 14.5 Å². The maximum absolute atomic E-state index is 14.5. The van der Waals surface area contributed by atoms with Gasteiger partial charge in [0, 0.05) is 42.5 Å². The minimum atomic E-state index is -2.92. The third kappa shape index (κ3) is 5.36. The van der Waals surface area contributed by atoms with Crippen LogP contribution in [0.5, 0.6) is 11.5 Å². The molecule has 0 radical (unpaired) electrons. The van der Waals surface area contributed by atoms with Gasteiger partial charge in [0.25, 0.3) is 11.8 Å². The lowest BCUT2D eigenvalue weighted by atomic mass is 9.82. The number of likely N-dealkylation sites (N-methyl/N-ethyl adjacent to an activating group) is 1. The summed E-state index contributed by atoms with van der Waals surface area (Å²) >= 11 is 0. The van der Waals surface area contributed by atoms with Gasteiger partial charge in [-0.15, -0.1) is 5.10 Å². The van der Waals surface area contributed by atoms with Crippen molar-refractivity contribution in [2.45, 2.75) is 56.1 Å². The Balaban J connectivity index is 1.15. The van der Waals surface area contributed by atoms with Gasteiger partial charge in [0.1, 0.15) is 5.75 Å². The molecule has 2 amide bonds. The third-order valence-electron chi connectivity index (χ3n) is 10.9. The van der Waals surface area contributed by atoms with E-state index >= 15 is 0 Å². The zero-order chi connectivity index (χ0) is 36.4. The Bertz CT molecular complexity index is 2170. The Hall–Kier alpha value is -5.14. The summed E-state index contributed by atoms with van der Waals surface area (Å²) in [5.41, 5.74) is 2.87. The number of aryl methyl sites for hydroxylation is 1. The fraction of sp³-hybridized carbons (Fsp3) is 0.300. The molecule has 2 N–H and O–H groups in total. The average Bonchev–Trinajstić information content (AvgIpc) is 3.76. The lowest BCUT2D eigenvalue weighted by Gasteiger charge is -2.32. The van der Waals surface area contributed by atoms with Crippen LogP contribution in [0.1, 0.15) is 46.4 Å². The molecule has 1 unspecified atom stereocenters. The summed E-state index contributed by atoms with van der Waals surface area (Å²) < 4.78 is 15.0. The van der Waals surface area contributed by atoms with Crippen molar-refractivity contribution in [1.29, 1.82) is 0 Å². The number of ether oxygens (including phenoxy) is 2. The first kappa shape index (κ1) is 34.0. The molecule has 266 valence electrons. The Kier molecular flexibility index (Phi) is 8.37. The van der Waals surface area contributed by atoms with Crippen LogP contribution >= 0.6 is 0 Å². The molecule has 1 aromatic heterocycles. The second kappa shape index (κ2) is 12.8. The molecule has 1 saturated heterocycles. The highest BCUT2D eigenvalue weighted by Gasteiger charge is 2.65. The van der Waals surface area contributed by atoms with Crippen molar-refractivity contribution in [1.82, 2.24) is 15.0 Å². The minimum absolute atomic E-state index is 0.105. The summed E-state index contributed by atoms with van der Waals surface area (Å²) in [5, 5.41) is 18.9. The molecular formula is C40H41N5O6Si. The van der Waals surface area contributed by atoms with Gasteiger partial charge < -0.3 is 24.3 Å². The molecular weight excluding hydrogens is 675 g/mol. The number of nitrogens with zero attached hydrogens (tertiary/aromatic N) is 5. The number of amides is 2. The van der Waals surface area contributed by atoms with Crippen molar-refractivity contribution in [3.05, 3.63) is 126 Å². The van der Waals surface area contributed by atoms with Gasteiger partial charge in [-0.25, -0.2) is 0 Å². The van der Waals surface area contributed by atoms with Gasteiger partial charge >= 0.3 is 0 Å². The molecule has 5 atom stereocenters. The molecule has 12 heteroatoms. The van der Waals surface area contributed by atoms with Crippen LogP contribution in [-0.4, -0.2) is 64.8 Å². The van der Waals surface area contributed by atoms with Gasteiger partial charge in [0.2, 0.25) is 0 Å². The number of aliphatic hydroxyl groups excluding tert-OH is 1. The van der Waals surface area contributed by atoms with Gasteiger partial charge in [0.15, 0.2) is 19.7 Å². The average molecular weight is 716 g/mol. The van der Waals surface area contributed by atoms with E-state index in [9.17, 15) is 19.5 Å². The van der Waals surface area contributed by atoms with E-state index in [1.165, 1.54) is 0 Å². The van der Waals surface area contributed by atoms with Crippen molar-refractivity contribution in [2.24, 2.45) is 5.92 Å². The number of rotatable bonds is 8. The van der Waals surface area contributed by atoms with Crippen LogP contribution in [-0.2, 0) is 21.7 Å². The number of para-hydroxylation sites is 3. The summed E-state index contributed by atoms with van der Waals surface area (Å²) in [6, 6.07) is 29.9. The summed E-state index contributed by atoms with van der Waals surface area (Å²) in [6.45, 7) is 6.12. The van der Waals surface area contributed by atoms with Crippen molar-refractivity contribution < 1.29 is 29.0 Å². The first-order valence-corrected chi connectivity index (χ1v) is 20.6. The van der Waals surface area contributed by atoms with E-state index in [0.717, 1.165) is 5.56 Å². The third-order valence-corrected chi connectivity index (χ3v) is 13.4. The lowest BCUT2D eigenvalue weighted by Crippen LogP contribution is -2.45. The summed E-state index contributed by atoms with van der Waals surface area (Å²) in [4.78, 5) is 43.8. The van der Waals surface area contributed by atoms with Crippen molar-refractivity contribution in [2.75, 3.05) is 23.5 Å². The van der Waals surface area contributed by atoms with E-state index in [4.69, 9.17) is 9.47 Å². The van der Waals surface area contributed by atoms with Gasteiger partial charge in [0.05, 0.1) is 41.3 Å². The van der Waals surface area contributed by atoms with Crippen LogP contribution in [0.15, 0.2) is 103 Å². The van der Waals surface area contributed by atoms with E-state index in [1.807, 2.05) is 111 Å². The van der Waals surface area contributed by atoms with E-state index in [-0.39, 0.29) is 35.8 Å². The van der Waals surface area contributed by atoms with Crippen LogP contribution in [0.2, 0.25) is 18.6 Å². The first-order valence-electron chi connectivity index (χ1n) is 17.6. The second-order valence-corrected chi connectivity index (χ2v) is 18.4. The molecule has 3 aliphatic rings. The van der Waals surface area contributed by atoms with E-state index in [1.54, 1.807) is 33.7 Å². The van der Waals surface area contributed by atoms with Crippen molar-refractivity contribution >= 4 is 37.2 Å². The number of fused-ring (bicyclic) bond motifs is 4. The SMILES string of the molecule is C[C@@H]1[C@@H]([Si](C)(C)O)[C@H](CCn2cc(C(CO)c3ccccc3)nn2)O[C@@]12C(=O)N(C)c1ccc(N3C(=O)c4ccccc4Oc4ccccc43)cc12. The highest BCUT2D eigenvalue weighted by atomic mass is 28.4. The summed E-state index contributed by atoms with van der Waals surface area (Å²) in [7, 11) is -1.18. The molecule has 0 saturated carbocycles. The Labute approximate surface area is 303 Å². The normalized spacial score (nSPS) is 22.9. The molecule has 0 bridgehead atoms. The predicted octanol–water partition coefficient (Wildman–Crippen LogP) is 6.35. The molecule has 4 heterocycles. The zero-order valence-electron chi connectivity index (χ0n) is 29.5. The Morgan fingerprint density at radius 3 is 2.38 bits per heavy atom. The van der Waals surface area contributed by atoms with Crippen molar-refractivity contribution in [3.8, 4) is 11.5 Å². The maximum Gasteiger partial charge on any atom is 0.266 e. The highest BCUT2D eigenvalue weighted by Crippen LogP contribution is 2.60. The molecule has 3 aliphatic heterocycles. The molecule has 4 aromatic carbocycles. The van der Waals surface area contributed by atoms with Gasteiger partial charge in [-0.1, -0.05) is 66.7 Å². The van der Waals surface area contributed by atoms with Gasteiger partial charge in [-0.3, -0.25) is 19.2 Å². The predicted molar refractivity (Wildman–Crippen MR) is 198 cm³/mol. The van der Waals surface area contributed by atoms with Crippen LogP contribution in [0.25, 0.3) is 0 Å². The van der Waals surface area contributed by atoms with Gasteiger partial charge in [-0.2, -0.15) is 0 Å². The number of hydrogen-bond donors (Lipinski definition) is 2. The van der Waals surface area contributed by atoms with E-state index in [0.29, 0.717) is 58.3 Å². The Morgan fingerprint density at radius 2 is 1.63 bits per heavy atom. The minimum Gasteiger partial charge on any atom is -0.454 e. The quantitative estimate of drug-likeness (QED) is 0.178. The summed E-state index contributed by atoms with van der Waals surface area (Å²) in [5.74, 6) is -0.142. The monoisotopic (exact) mass is 715 g/mol. The lowest BCUT2D eigenvalue weighted by molar-refractivity contribution is -0.145. The molecule has 5 aromatic rings. The van der Waals surface area contributed by atoms with Crippen molar-refractivity contribution in [3.63, 3.8) is 0 Å². The maximum atomic E-state index is 14.5. The fourth-order valence-electron chi connectivity index (χ4n) is 8.54. The largest absolute Gasteiger partial charge is 0.454 e. The number of anilines is 3. The van der Waals surface area contributed by atoms with Crippen LogP contribution in [0.4, 0.5) is 17.1 Å². The second-order valence-electron chi connectivity index (χ2n) is 14.5. The topological polar surface area (TPSA) is 130 Å². The van der Waals surface area contributed by atoms with Crippen LogP contribution in [0.3, 0.4) is 0 Å². The number of carbonyl (C=O) groups is 2. The smallest absolute Gasteiger partial charge is 0.266 e. The molecule has 52 heavy (non-hydrogen) atoms. The molecule has 8 rings (SSSR count). The molecule has 11 nitrogen and oxygen atoms in total. The highest BCUT2D eigenvalue weighted by molar-refractivity contribution is 6.71. The van der Waals surface area contributed by atoms with Gasteiger partial charge in [-0.05, 0) is 67.5 Å². The number of aliphatic hydroxyl groups is 1. The standard InChI is InChI=1S/C40H41N5O6Si/c1-25-37(52(3,4)49)36(20-21-44-23-31(41-42-44)29(24-46)26-12-6-5-7-13-26)51-40(25)30-22-27(18-19-32(30)43(2)39(40)48)45-33-15-9-11-17-35(33)50-34-16-10-8-14-28(34)38(45)47/h5-19,22-23,25,29,36-37,46,49H,20-21,24H2,1-4H3/t25-,29?,36+,37-,40+/m1/s1. The molecule has 1 spiro atoms. The number of aromatic nitrogens is 3. The molecule has 1 fully saturated rings.